The lowest BCUT2D eigenvalue weighted by molar-refractivity contribution is -0.135. The molecule has 33 heavy (non-hydrogen) atoms. The van der Waals surface area contributed by atoms with E-state index in [4.69, 9.17) is 4.74 Å². The van der Waals surface area contributed by atoms with Gasteiger partial charge in [-0.2, -0.15) is 0 Å². The molecule has 2 aliphatic heterocycles. The van der Waals surface area contributed by atoms with Gasteiger partial charge in [-0.15, -0.1) is 0 Å². The molecule has 1 fully saturated rings. The highest BCUT2D eigenvalue weighted by Crippen LogP contribution is 2.42. The minimum Gasteiger partial charge on any atom is -0.457 e. The van der Waals surface area contributed by atoms with Crippen molar-refractivity contribution in [1.82, 2.24) is 15.5 Å². The maximum Gasteiger partial charge on any atom is 0.325 e. The van der Waals surface area contributed by atoms with Crippen LogP contribution >= 0.6 is 0 Å². The van der Waals surface area contributed by atoms with Gasteiger partial charge in [0, 0.05) is 11.1 Å². The zero-order valence-corrected chi connectivity index (χ0v) is 18.3. The molecule has 2 aliphatic rings. The van der Waals surface area contributed by atoms with Crippen molar-refractivity contribution < 1.29 is 19.1 Å². The topological polar surface area (TPSA) is 87.7 Å². The van der Waals surface area contributed by atoms with Crippen LogP contribution in [0.4, 0.5) is 4.79 Å². The summed E-state index contributed by atoms with van der Waals surface area (Å²) in [7, 11) is 0. The Bertz CT molecular complexity index is 1230. The Kier molecular flexibility index (Phi) is 4.89. The van der Waals surface area contributed by atoms with Crippen LogP contribution in [0, 0.1) is 6.92 Å². The van der Waals surface area contributed by atoms with Gasteiger partial charge in [-0.25, -0.2) is 4.79 Å². The average Bonchev–Trinajstić information content (AvgIpc) is 3.03. The number of nitrogens with zero attached hydrogens (tertiary/aromatic N) is 1. The van der Waals surface area contributed by atoms with E-state index in [1.54, 1.807) is 6.92 Å². The van der Waals surface area contributed by atoms with Gasteiger partial charge in [0.1, 0.15) is 23.6 Å². The summed E-state index contributed by atoms with van der Waals surface area (Å²) in [6.07, 6.45) is 0. The summed E-state index contributed by atoms with van der Waals surface area (Å²) in [5, 5.41) is 5.72. The molecule has 7 nitrogen and oxygen atoms in total. The van der Waals surface area contributed by atoms with Crippen LogP contribution in [0.2, 0.25) is 0 Å². The number of hydrogen-bond acceptors (Lipinski definition) is 4. The van der Waals surface area contributed by atoms with Crippen molar-refractivity contribution in [3.05, 3.63) is 95.1 Å². The molecule has 0 aliphatic carbocycles. The molecule has 1 unspecified atom stereocenters. The third-order valence-electron chi connectivity index (χ3n) is 6.19. The van der Waals surface area contributed by atoms with Gasteiger partial charge in [0.25, 0.3) is 5.91 Å². The third kappa shape index (κ3) is 3.51. The molecule has 2 heterocycles. The van der Waals surface area contributed by atoms with Crippen molar-refractivity contribution in [2.75, 3.05) is 6.54 Å². The predicted molar refractivity (Wildman–Crippen MR) is 122 cm³/mol. The molecule has 1 atom stereocenters. The molecule has 0 saturated carbocycles. The fraction of sp³-hybridized carbons (Fsp3) is 0.192. The number of hydrogen-bond donors (Lipinski definition) is 2. The van der Waals surface area contributed by atoms with Crippen molar-refractivity contribution >= 4 is 17.8 Å². The molecule has 0 spiro atoms. The van der Waals surface area contributed by atoms with E-state index in [9.17, 15) is 14.4 Å². The van der Waals surface area contributed by atoms with E-state index in [1.807, 2.05) is 79.7 Å². The standard InChI is InChI=1S/C26H23N3O4/c1-16-11-13-17(14-12-16)26(2)24(31)29(25(32)28-26)15-22(30)27-23-18-7-3-5-9-20(18)33-21-10-6-4-8-19(21)23/h3-14,23H,15H2,1-2H3,(H,27,30)(H,28,32). The largest absolute Gasteiger partial charge is 0.457 e. The van der Waals surface area contributed by atoms with E-state index in [-0.39, 0.29) is 6.54 Å². The van der Waals surface area contributed by atoms with Gasteiger partial charge in [0.2, 0.25) is 5.91 Å². The quantitative estimate of drug-likeness (QED) is 0.604. The average molecular weight is 441 g/mol. The molecule has 3 aromatic rings. The molecule has 7 heteroatoms. The number of imide groups is 1. The molecule has 2 N–H and O–H groups in total. The zero-order chi connectivity index (χ0) is 23.2. The number of benzene rings is 3. The Balaban J connectivity index is 1.37. The molecular formula is C26H23N3O4. The lowest BCUT2D eigenvalue weighted by Crippen LogP contribution is -2.44. The van der Waals surface area contributed by atoms with Crippen molar-refractivity contribution in [1.29, 1.82) is 0 Å². The van der Waals surface area contributed by atoms with Crippen molar-refractivity contribution in [2.24, 2.45) is 0 Å². The predicted octanol–water partition coefficient (Wildman–Crippen LogP) is 3.77. The first-order valence-electron chi connectivity index (χ1n) is 10.7. The minimum atomic E-state index is -1.22. The van der Waals surface area contributed by atoms with Crippen LogP contribution in [0.3, 0.4) is 0 Å². The summed E-state index contributed by atoms with van der Waals surface area (Å²) in [5.74, 6) is 0.411. The maximum atomic E-state index is 13.2. The first kappa shape index (κ1) is 20.8. The molecule has 0 radical (unpaired) electrons. The summed E-state index contributed by atoms with van der Waals surface area (Å²) in [6.45, 7) is 3.22. The highest BCUT2D eigenvalue weighted by molar-refractivity contribution is 6.09. The maximum absolute atomic E-state index is 13.2. The molecule has 0 aromatic heterocycles. The van der Waals surface area contributed by atoms with Gasteiger partial charge >= 0.3 is 6.03 Å². The Morgan fingerprint density at radius 2 is 1.55 bits per heavy atom. The number of carbonyl (C=O) groups is 3. The summed E-state index contributed by atoms with van der Waals surface area (Å²) in [6, 6.07) is 21.3. The smallest absolute Gasteiger partial charge is 0.325 e. The van der Waals surface area contributed by atoms with E-state index in [1.165, 1.54) is 0 Å². The normalized spacial score (nSPS) is 19.4. The van der Waals surface area contributed by atoms with Gasteiger partial charge in [-0.3, -0.25) is 14.5 Å². The summed E-state index contributed by atoms with van der Waals surface area (Å²) in [4.78, 5) is 39.9. The van der Waals surface area contributed by atoms with E-state index < -0.39 is 29.4 Å². The Hall–Kier alpha value is -4.13. The Morgan fingerprint density at radius 1 is 0.970 bits per heavy atom. The number of nitrogens with one attached hydrogen (secondary N) is 2. The highest BCUT2D eigenvalue weighted by atomic mass is 16.5. The lowest BCUT2D eigenvalue weighted by atomic mass is 9.91. The number of fused-ring (bicyclic) bond motifs is 2. The number of urea groups is 1. The van der Waals surface area contributed by atoms with Gasteiger partial charge in [-0.1, -0.05) is 66.2 Å². The van der Waals surface area contributed by atoms with Crippen molar-refractivity contribution in [2.45, 2.75) is 25.4 Å². The first-order valence-corrected chi connectivity index (χ1v) is 10.7. The Labute approximate surface area is 191 Å². The fourth-order valence-electron chi connectivity index (χ4n) is 4.34. The monoisotopic (exact) mass is 441 g/mol. The van der Waals surface area contributed by atoms with Crippen LogP contribution in [0.5, 0.6) is 11.5 Å². The number of amides is 4. The molecule has 1 saturated heterocycles. The molecular weight excluding hydrogens is 418 g/mol. The molecule has 4 amide bonds. The van der Waals surface area contributed by atoms with Gasteiger partial charge in [0.05, 0.1) is 6.04 Å². The van der Waals surface area contributed by atoms with Crippen molar-refractivity contribution in [3.8, 4) is 11.5 Å². The van der Waals surface area contributed by atoms with E-state index >= 15 is 0 Å². The van der Waals surface area contributed by atoms with Crippen LogP contribution < -0.4 is 15.4 Å². The van der Waals surface area contributed by atoms with Crippen LogP contribution in [0.1, 0.15) is 35.2 Å². The van der Waals surface area contributed by atoms with Crippen LogP contribution in [0.15, 0.2) is 72.8 Å². The third-order valence-corrected chi connectivity index (χ3v) is 6.19. The molecule has 166 valence electrons. The second kappa shape index (κ2) is 7.78. The van der Waals surface area contributed by atoms with E-state index in [2.05, 4.69) is 10.6 Å². The Morgan fingerprint density at radius 3 is 2.15 bits per heavy atom. The summed E-state index contributed by atoms with van der Waals surface area (Å²) in [5.41, 5.74) is 2.12. The summed E-state index contributed by atoms with van der Waals surface area (Å²) >= 11 is 0. The van der Waals surface area contributed by atoms with Crippen LogP contribution in [0.25, 0.3) is 0 Å². The lowest BCUT2D eigenvalue weighted by Gasteiger charge is -2.29. The van der Waals surface area contributed by atoms with E-state index in [0.717, 1.165) is 21.6 Å². The second-order valence-corrected chi connectivity index (χ2v) is 8.49. The van der Waals surface area contributed by atoms with Gasteiger partial charge in [-0.05, 0) is 31.5 Å². The molecule has 0 bridgehead atoms. The van der Waals surface area contributed by atoms with E-state index in [0.29, 0.717) is 17.1 Å². The van der Waals surface area contributed by atoms with Crippen LogP contribution in [-0.2, 0) is 15.1 Å². The number of rotatable bonds is 4. The fourth-order valence-corrected chi connectivity index (χ4v) is 4.34. The number of aryl methyl sites for hydroxylation is 1. The molecule has 5 rings (SSSR count). The molecule has 3 aromatic carbocycles. The van der Waals surface area contributed by atoms with Crippen molar-refractivity contribution in [3.63, 3.8) is 0 Å². The first-order chi connectivity index (χ1) is 15.9. The second-order valence-electron chi connectivity index (χ2n) is 8.49. The summed E-state index contributed by atoms with van der Waals surface area (Å²) < 4.78 is 5.96. The minimum absolute atomic E-state index is 0.381. The van der Waals surface area contributed by atoms with Gasteiger partial charge < -0.3 is 15.4 Å². The van der Waals surface area contributed by atoms with Crippen LogP contribution in [-0.4, -0.2) is 29.3 Å². The number of para-hydroxylation sites is 2. The SMILES string of the molecule is Cc1ccc(C2(C)NC(=O)N(CC(=O)NC3c4ccccc4Oc4ccccc43)C2=O)cc1. The number of ether oxygens (including phenoxy) is 1. The van der Waals surface area contributed by atoms with Gasteiger partial charge in [0.15, 0.2) is 0 Å². The highest BCUT2D eigenvalue weighted by Gasteiger charge is 2.49. The number of carbonyl (C=O) groups excluding carboxylic acids is 3. The zero-order valence-electron chi connectivity index (χ0n) is 18.3.